The highest BCUT2D eigenvalue weighted by Gasteiger charge is 2.38. The molecule has 2 aliphatic carbocycles. The predicted molar refractivity (Wildman–Crippen MR) is 199 cm³/mol. The van der Waals surface area contributed by atoms with Crippen LogP contribution >= 0.6 is 0 Å². The van der Waals surface area contributed by atoms with Crippen LogP contribution in [0.1, 0.15) is 29.5 Å². The molecule has 8 aromatic rings. The molecule has 48 heavy (non-hydrogen) atoms. The maximum absolute atomic E-state index is 6.53. The van der Waals surface area contributed by atoms with Crippen molar-refractivity contribution < 1.29 is 9.15 Å². The maximum Gasteiger partial charge on any atom is 0.136 e. The summed E-state index contributed by atoms with van der Waals surface area (Å²) < 4.78 is 12.9. The molecule has 7 aromatic carbocycles. The van der Waals surface area contributed by atoms with Gasteiger partial charge in [0.25, 0.3) is 0 Å². The van der Waals surface area contributed by atoms with E-state index in [0.717, 1.165) is 47.0 Å². The van der Waals surface area contributed by atoms with Gasteiger partial charge in [0.05, 0.1) is 5.92 Å². The molecule has 1 atom stereocenters. The second-order valence-electron chi connectivity index (χ2n) is 13.5. The molecule has 0 fully saturated rings. The van der Waals surface area contributed by atoms with Crippen LogP contribution in [0.15, 0.2) is 155 Å². The van der Waals surface area contributed by atoms with Gasteiger partial charge in [0, 0.05) is 22.8 Å². The van der Waals surface area contributed by atoms with Crippen LogP contribution in [-0.2, 0) is 11.2 Å². The topological polar surface area (TPSA) is 22.4 Å². The fourth-order valence-corrected chi connectivity index (χ4v) is 8.79. The first-order chi connectivity index (χ1) is 23.8. The quantitative estimate of drug-likeness (QED) is 0.181. The number of benzene rings is 7. The molecule has 2 heterocycles. The average Bonchev–Trinajstić information content (AvgIpc) is 3.70. The van der Waals surface area contributed by atoms with Crippen LogP contribution in [0.2, 0.25) is 0 Å². The largest absolute Gasteiger partial charge is 0.465 e. The smallest absolute Gasteiger partial charge is 0.136 e. The van der Waals surface area contributed by atoms with Crippen molar-refractivity contribution in [3.05, 3.63) is 168 Å². The molecular formula is C46H30O2. The first-order valence-corrected chi connectivity index (χ1v) is 17.0. The van der Waals surface area contributed by atoms with Crippen molar-refractivity contribution in [3.8, 4) is 11.1 Å². The van der Waals surface area contributed by atoms with Gasteiger partial charge in [-0.2, -0.15) is 0 Å². The lowest BCUT2D eigenvalue weighted by atomic mass is 9.76. The Bertz CT molecular complexity index is 2730. The van der Waals surface area contributed by atoms with Gasteiger partial charge in [-0.3, -0.25) is 0 Å². The second kappa shape index (κ2) is 9.82. The van der Waals surface area contributed by atoms with Crippen LogP contribution in [0.3, 0.4) is 0 Å². The van der Waals surface area contributed by atoms with Crippen molar-refractivity contribution in [2.24, 2.45) is 5.92 Å². The Kier molecular flexibility index (Phi) is 5.37. The summed E-state index contributed by atoms with van der Waals surface area (Å²) in [6.45, 7) is 0. The SMILES string of the molecule is C1=C(c2c3ccccc3c(-c3ccc4oc5cc6ccccc6cc5c4c3)c3ccccc23)CC2C(=C1)OC1=C2c2ccccc2CC1. The molecule has 2 heteroatoms. The van der Waals surface area contributed by atoms with E-state index in [1.807, 2.05) is 0 Å². The molecule has 0 spiro atoms. The number of aryl methyl sites for hydroxylation is 1. The van der Waals surface area contributed by atoms with Gasteiger partial charge in [0.15, 0.2) is 0 Å². The summed E-state index contributed by atoms with van der Waals surface area (Å²) in [5.41, 5.74) is 11.2. The third kappa shape index (κ3) is 3.69. The first kappa shape index (κ1) is 26.2. The molecule has 2 nitrogen and oxygen atoms in total. The average molecular weight is 615 g/mol. The van der Waals surface area contributed by atoms with Gasteiger partial charge >= 0.3 is 0 Å². The minimum absolute atomic E-state index is 0.242. The Hall–Kier alpha value is -5.86. The number of hydrogen-bond acceptors (Lipinski definition) is 2. The molecule has 0 amide bonds. The maximum atomic E-state index is 6.53. The molecule has 3 aliphatic rings. The van der Waals surface area contributed by atoms with Crippen molar-refractivity contribution in [3.63, 3.8) is 0 Å². The van der Waals surface area contributed by atoms with Crippen molar-refractivity contribution >= 4 is 65.4 Å². The minimum atomic E-state index is 0.242. The fraction of sp³-hybridized carbons (Fsp3) is 0.0870. The highest BCUT2D eigenvalue weighted by Crippen LogP contribution is 2.53. The van der Waals surface area contributed by atoms with E-state index in [4.69, 9.17) is 9.15 Å². The van der Waals surface area contributed by atoms with E-state index >= 15 is 0 Å². The van der Waals surface area contributed by atoms with Crippen LogP contribution in [-0.4, -0.2) is 0 Å². The van der Waals surface area contributed by atoms with Crippen molar-refractivity contribution in [1.82, 2.24) is 0 Å². The monoisotopic (exact) mass is 614 g/mol. The zero-order valence-corrected chi connectivity index (χ0v) is 26.3. The Morgan fingerprint density at radius 2 is 1.19 bits per heavy atom. The van der Waals surface area contributed by atoms with Gasteiger partial charge in [0.1, 0.15) is 22.7 Å². The summed E-state index contributed by atoms with van der Waals surface area (Å²) in [4.78, 5) is 0. The number of fused-ring (bicyclic) bond motifs is 10. The van der Waals surface area contributed by atoms with E-state index in [9.17, 15) is 0 Å². The molecule has 1 aliphatic heterocycles. The van der Waals surface area contributed by atoms with Gasteiger partial charge < -0.3 is 9.15 Å². The van der Waals surface area contributed by atoms with Gasteiger partial charge in [-0.1, -0.05) is 109 Å². The summed E-state index contributed by atoms with van der Waals surface area (Å²) in [5.74, 6) is 2.51. The summed E-state index contributed by atoms with van der Waals surface area (Å²) in [5, 5.41) is 9.84. The third-order valence-electron chi connectivity index (χ3n) is 10.9. The molecule has 0 saturated carbocycles. The Labute approximate surface area is 277 Å². The van der Waals surface area contributed by atoms with Crippen LogP contribution < -0.4 is 0 Å². The van der Waals surface area contributed by atoms with E-state index in [1.54, 1.807) is 0 Å². The van der Waals surface area contributed by atoms with Gasteiger partial charge in [0.2, 0.25) is 0 Å². The highest BCUT2D eigenvalue weighted by atomic mass is 16.5. The summed E-state index contributed by atoms with van der Waals surface area (Å²) in [6, 6.07) is 46.5. The van der Waals surface area contributed by atoms with Gasteiger partial charge in [-0.15, -0.1) is 0 Å². The van der Waals surface area contributed by atoms with Crippen molar-refractivity contribution in [1.29, 1.82) is 0 Å². The summed E-state index contributed by atoms with van der Waals surface area (Å²) in [7, 11) is 0. The number of furan rings is 1. The lowest BCUT2D eigenvalue weighted by molar-refractivity contribution is 0.292. The number of allylic oxidation sites excluding steroid dienone is 5. The predicted octanol–water partition coefficient (Wildman–Crippen LogP) is 12.4. The molecule has 0 radical (unpaired) electrons. The number of ether oxygens (including phenoxy) is 1. The molecule has 0 bridgehead atoms. The lowest BCUT2D eigenvalue weighted by Crippen LogP contribution is -2.10. The van der Waals surface area contributed by atoms with Gasteiger partial charge in [-0.05, 0) is 109 Å². The standard InChI is InChI=1S/C46H30O2/c1-2-11-29-26-43-38(23-28(29)10-1)37-24-30(18-20-40(37)48-43)44-33-13-5-7-15-35(33)45(36-16-8-6-14-34(36)44)31-19-21-41-39(25-31)46-32-12-4-3-9-27(32)17-22-42(46)47-41/h1-16,18-21,23-24,26,39H,17,22,25H2. The van der Waals surface area contributed by atoms with Gasteiger partial charge in [-0.25, -0.2) is 0 Å². The minimum Gasteiger partial charge on any atom is -0.465 e. The molecule has 226 valence electrons. The molecule has 0 N–H and O–H groups in total. The van der Waals surface area contributed by atoms with Crippen molar-refractivity contribution in [2.75, 3.05) is 0 Å². The summed E-state index contributed by atoms with van der Waals surface area (Å²) in [6.07, 6.45) is 7.50. The normalized spacial score (nSPS) is 17.0. The number of hydrogen-bond donors (Lipinski definition) is 0. The van der Waals surface area contributed by atoms with E-state index in [2.05, 4.69) is 140 Å². The Balaban J connectivity index is 1.11. The zero-order chi connectivity index (χ0) is 31.3. The Morgan fingerprint density at radius 1 is 0.521 bits per heavy atom. The van der Waals surface area contributed by atoms with Crippen LogP contribution in [0.25, 0.3) is 76.5 Å². The van der Waals surface area contributed by atoms with E-state index < -0.39 is 0 Å². The van der Waals surface area contributed by atoms with Crippen LogP contribution in [0.4, 0.5) is 0 Å². The Morgan fingerprint density at radius 3 is 1.98 bits per heavy atom. The zero-order valence-electron chi connectivity index (χ0n) is 26.3. The fourth-order valence-electron chi connectivity index (χ4n) is 8.79. The molecule has 11 rings (SSSR count). The van der Waals surface area contributed by atoms with Crippen LogP contribution in [0.5, 0.6) is 0 Å². The third-order valence-corrected chi connectivity index (χ3v) is 10.9. The highest BCUT2D eigenvalue weighted by molar-refractivity contribution is 6.20. The van der Waals surface area contributed by atoms with E-state index in [0.29, 0.717) is 0 Å². The molecular weight excluding hydrogens is 585 g/mol. The van der Waals surface area contributed by atoms with E-state index in [-0.39, 0.29) is 5.92 Å². The second-order valence-corrected chi connectivity index (χ2v) is 13.5. The number of rotatable bonds is 2. The first-order valence-electron chi connectivity index (χ1n) is 17.0. The van der Waals surface area contributed by atoms with Crippen LogP contribution in [0, 0.1) is 5.92 Å². The lowest BCUT2D eigenvalue weighted by Gasteiger charge is -2.25. The van der Waals surface area contributed by atoms with Crippen molar-refractivity contribution in [2.45, 2.75) is 19.3 Å². The molecule has 0 saturated heterocycles. The molecule has 1 aromatic heterocycles. The molecule has 1 unspecified atom stereocenters. The summed E-state index contributed by atoms with van der Waals surface area (Å²) >= 11 is 0. The van der Waals surface area contributed by atoms with E-state index in [1.165, 1.54) is 77.0 Å².